The third kappa shape index (κ3) is 7.11. The monoisotopic (exact) mass is 444 g/mol. The highest BCUT2D eigenvalue weighted by atomic mass is 31.1. The Labute approximate surface area is 189 Å². The van der Waals surface area contributed by atoms with Gasteiger partial charge in [-0.15, -0.1) is 0 Å². The van der Waals surface area contributed by atoms with Crippen LogP contribution in [-0.2, 0) is 0 Å². The molecule has 2 aromatic rings. The second kappa shape index (κ2) is 11.3. The molecule has 0 radical (unpaired) electrons. The Bertz CT molecular complexity index is 839. The lowest BCUT2D eigenvalue weighted by Crippen LogP contribution is -2.13. The summed E-state index contributed by atoms with van der Waals surface area (Å²) < 4.78 is 22.6. The lowest BCUT2D eigenvalue weighted by molar-refractivity contribution is 0.323. The number of methoxy groups -OCH3 is 4. The molecule has 0 heterocycles. The van der Waals surface area contributed by atoms with Crippen LogP contribution in [0.4, 0.5) is 0 Å². The molecule has 0 bridgehead atoms. The van der Waals surface area contributed by atoms with Crippen LogP contribution in [0.25, 0.3) is 0 Å². The fourth-order valence-corrected chi connectivity index (χ4v) is 6.26. The lowest BCUT2D eigenvalue weighted by Gasteiger charge is -2.23. The van der Waals surface area contributed by atoms with Gasteiger partial charge in [0.05, 0.1) is 41.5 Å². The molecule has 5 heteroatoms. The van der Waals surface area contributed by atoms with Gasteiger partial charge in [0.1, 0.15) is 23.5 Å². The molecule has 0 aliphatic rings. The number of hydrogen-bond acceptors (Lipinski definition) is 4. The maximum atomic E-state index is 5.65. The summed E-state index contributed by atoms with van der Waals surface area (Å²) in [5.74, 6) is 6.12. The first-order valence-corrected chi connectivity index (χ1v) is 12.3. The molecule has 2 rings (SSSR count). The lowest BCUT2D eigenvalue weighted by atomic mass is 9.86. The largest absolute Gasteiger partial charge is 0.553 e. The quantitative estimate of drug-likeness (QED) is 0.304. The Morgan fingerprint density at radius 1 is 0.839 bits per heavy atom. The van der Waals surface area contributed by atoms with Gasteiger partial charge in [-0.05, 0) is 29.9 Å². The van der Waals surface area contributed by atoms with Gasteiger partial charge < -0.3 is 18.9 Å². The van der Waals surface area contributed by atoms with Crippen molar-refractivity contribution >= 4 is 13.3 Å². The van der Waals surface area contributed by atoms with Crippen LogP contribution in [0.5, 0.6) is 23.0 Å². The predicted octanol–water partition coefficient (Wildman–Crippen LogP) is 6.64. The molecule has 31 heavy (non-hydrogen) atoms. The van der Waals surface area contributed by atoms with Gasteiger partial charge in [-0.3, -0.25) is 0 Å². The highest BCUT2D eigenvalue weighted by Gasteiger charge is 2.23. The molecule has 4 nitrogen and oxygen atoms in total. The van der Waals surface area contributed by atoms with Crippen LogP contribution >= 0.6 is 7.55 Å². The maximum absolute atomic E-state index is 5.65. The molecular weight excluding hydrogens is 407 g/mol. The van der Waals surface area contributed by atoms with Gasteiger partial charge >= 0.3 is 0 Å². The molecule has 0 aliphatic heterocycles. The molecule has 2 atom stereocenters. The smallest absolute Gasteiger partial charge is 0.133 e. The van der Waals surface area contributed by atoms with Crippen molar-refractivity contribution in [3.63, 3.8) is 0 Å². The van der Waals surface area contributed by atoms with Crippen LogP contribution in [0, 0.1) is 17.5 Å². The van der Waals surface area contributed by atoms with Crippen molar-refractivity contribution in [3.8, 4) is 23.0 Å². The predicted molar refractivity (Wildman–Crippen MR) is 133 cm³/mol. The van der Waals surface area contributed by atoms with Crippen molar-refractivity contribution in [1.29, 1.82) is 0 Å². The van der Waals surface area contributed by atoms with E-state index >= 15 is 0 Å². The minimum Gasteiger partial charge on any atom is -0.553 e. The molecule has 0 aromatic heterocycles. The van der Waals surface area contributed by atoms with E-state index in [1.165, 1.54) is 0 Å². The van der Waals surface area contributed by atoms with Gasteiger partial charge in [-0.25, -0.2) is 0 Å². The van der Waals surface area contributed by atoms with Crippen LogP contribution in [0.15, 0.2) is 36.4 Å². The Morgan fingerprint density at radius 3 is 1.71 bits per heavy atom. The highest BCUT2D eigenvalue weighted by molar-refractivity contribution is 7.60. The van der Waals surface area contributed by atoms with Gasteiger partial charge in [0.15, 0.2) is 0 Å². The summed E-state index contributed by atoms with van der Waals surface area (Å²) in [7, 11) is 6.13. The SMILES string of the molecule is COc1cccc(OC)c1C=[P+]([CH-]c1c(OC)cccc1OC)CC(C)CC(C)(C)C. The maximum Gasteiger partial charge on any atom is 0.133 e. The van der Waals surface area contributed by atoms with E-state index in [4.69, 9.17) is 18.9 Å². The summed E-state index contributed by atoms with van der Waals surface area (Å²) in [6.07, 6.45) is 4.51. The van der Waals surface area contributed by atoms with Crippen LogP contribution < -0.4 is 18.9 Å². The summed E-state index contributed by atoms with van der Waals surface area (Å²) in [5.41, 5.74) is 2.27. The van der Waals surface area contributed by atoms with E-state index in [9.17, 15) is 0 Å². The molecule has 0 saturated heterocycles. The van der Waals surface area contributed by atoms with Crippen LogP contribution in [0.1, 0.15) is 45.2 Å². The van der Waals surface area contributed by atoms with E-state index in [1.54, 1.807) is 28.4 Å². The van der Waals surface area contributed by atoms with Crippen LogP contribution in [-0.4, -0.2) is 40.4 Å². The minimum absolute atomic E-state index is 0.282. The fraction of sp³-hybridized carbons (Fsp3) is 0.462. The normalized spacial score (nSPS) is 12.8. The molecule has 0 spiro atoms. The molecular formula is C26H37O4P. The zero-order chi connectivity index (χ0) is 23.0. The standard InChI is InChI=1S/C26H37O4P/c1-19(15-26(2,3)4)16-31(17-20-22(27-5)11-9-12-23(20)28-6)18-21-24(29-7)13-10-14-25(21)30-8/h9-14,17-19H,15-16H2,1-8H3. The fourth-order valence-electron chi connectivity index (χ4n) is 3.96. The second-order valence-electron chi connectivity index (χ2n) is 8.98. The van der Waals surface area contributed by atoms with Crippen molar-refractivity contribution in [2.75, 3.05) is 34.6 Å². The number of ether oxygens (including phenoxy) is 4. The third-order valence-corrected chi connectivity index (χ3v) is 7.23. The first-order valence-electron chi connectivity index (χ1n) is 10.6. The van der Waals surface area contributed by atoms with Gasteiger partial charge in [-0.2, -0.15) is 0 Å². The zero-order valence-corrected chi connectivity index (χ0v) is 21.1. The summed E-state index contributed by atoms with van der Waals surface area (Å²) in [5, 5.41) is 0. The van der Waals surface area contributed by atoms with E-state index < -0.39 is 7.55 Å². The van der Waals surface area contributed by atoms with Crippen LogP contribution in [0.3, 0.4) is 0 Å². The van der Waals surface area contributed by atoms with Crippen molar-refractivity contribution in [1.82, 2.24) is 0 Å². The number of benzene rings is 2. The van der Waals surface area contributed by atoms with Crippen molar-refractivity contribution in [3.05, 3.63) is 53.7 Å². The first-order chi connectivity index (χ1) is 14.7. The molecule has 0 fully saturated rings. The van der Waals surface area contributed by atoms with Gasteiger partial charge in [-0.1, -0.05) is 57.5 Å². The third-order valence-electron chi connectivity index (χ3n) is 5.01. The summed E-state index contributed by atoms with van der Waals surface area (Å²) in [6, 6.07) is 11.8. The highest BCUT2D eigenvalue weighted by Crippen LogP contribution is 2.44. The molecule has 0 N–H and O–H groups in total. The summed E-state index contributed by atoms with van der Waals surface area (Å²) in [6.45, 7) is 9.23. The van der Waals surface area contributed by atoms with Crippen molar-refractivity contribution in [2.24, 2.45) is 11.3 Å². The average molecular weight is 445 g/mol. The molecule has 2 aromatic carbocycles. The van der Waals surface area contributed by atoms with Crippen LogP contribution in [0.2, 0.25) is 0 Å². The minimum atomic E-state index is -0.663. The van der Waals surface area contributed by atoms with E-state index in [-0.39, 0.29) is 5.41 Å². The Hall–Kier alpha value is -2.32. The summed E-state index contributed by atoms with van der Waals surface area (Å²) in [4.78, 5) is 0. The van der Waals surface area contributed by atoms with E-state index in [2.05, 4.69) is 39.7 Å². The zero-order valence-electron chi connectivity index (χ0n) is 20.2. The van der Waals surface area contributed by atoms with Gasteiger partial charge in [0.25, 0.3) is 0 Å². The topological polar surface area (TPSA) is 36.9 Å². The molecule has 0 amide bonds. The molecule has 170 valence electrons. The van der Waals surface area contributed by atoms with Crippen molar-refractivity contribution in [2.45, 2.75) is 34.1 Å². The van der Waals surface area contributed by atoms with Gasteiger partial charge in [0, 0.05) is 17.7 Å². The van der Waals surface area contributed by atoms with Gasteiger partial charge in [0.2, 0.25) is 0 Å². The van der Waals surface area contributed by atoms with E-state index in [1.807, 2.05) is 36.4 Å². The Balaban J connectivity index is 2.55. The van der Waals surface area contributed by atoms with E-state index in [0.29, 0.717) is 5.92 Å². The van der Waals surface area contributed by atoms with E-state index in [0.717, 1.165) is 46.7 Å². The second-order valence-corrected chi connectivity index (χ2v) is 10.9. The number of hydrogen-bond donors (Lipinski definition) is 0. The average Bonchev–Trinajstić information content (AvgIpc) is 2.72. The van der Waals surface area contributed by atoms with Crippen molar-refractivity contribution < 1.29 is 18.9 Å². The molecule has 0 aliphatic carbocycles. The summed E-state index contributed by atoms with van der Waals surface area (Å²) >= 11 is 0. The molecule has 2 unspecified atom stereocenters. The Morgan fingerprint density at radius 2 is 1.29 bits per heavy atom. The number of rotatable bonds is 10. The first kappa shape index (κ1) is 24.9. The molecule has 0 saturated carbocycles. The Kier molecular flexibility index (Phi) is 9.13.